The summed E-state index contributed by atoms with van der Waals surface area (Å²) in [7, 11) is 0. The number of nitrogens with zero attached hydrogens (tertiary/aromatic N) is 2. The van der Waals surface area contributed by atoms with E-state index < -0.39 is 0 Å². The molecule has 0 spiro atoms. The minimum Gasteiger partial charge on any atom is -0.311 e. The van der Waals surface area contributed by atoms with Crippen molar-refractivity contribution in [1.29, 1.82) is 0 Å². The van der Waals surface area contributed by atoms with Gasteiger partial charge in [0.15, 0.2) is 0 Å². The molecule has 2 aliphatic rings. The highest BCUT2D eigenvalue weighted by Crippen LogP contribution is 2.51. The molecule has 0 fully saturated rings. The summed E-state index contributed by atoms with van der Waals surface area (Å²) in [5, 5.41) is 0. The standard InChI is InChI=1S/C57H78N2O2/c1-10-15-18-20-40-58-52(50-51(55(58)61)53(57(9,14-5)39-17-12-3)59(54(50)60)41-21-19-16-11-2)48-35-31-46(32-36-48)29-27-44-23-25-45(26-24-44)28-30-47-33-37-49(38-34-47)56(7,8)42-43(6)22-13-4/h23-38,43H,10-22,39-42H2,1-9H3/b29-27+,30-28+. The average molecular weight is 823 g/mol. The van der Waals surface area contributed by atoms with Gasteiger partial charge in [-0.1, -0.05) is 224 Å². The van der Waals surface area contributed by atoms with E-state index in [0.29, 0.717) is 24.2 Å². The Kier molecular flexibility index (Phi) is 17.6. The van der Waals surface area contributed by atoms with Crippen molar-refractivity contribution in [2.24, 2.45) is 11.3 Å². The number of carbonyl (C=O) groups excluding carboxylic acids is 2. The number of benzene rings is 3. The molecule has 0 aromatic heterocycles. The summed E-state index contributed by atoms with van der Waals surface area (Å²) in [4.78, 5) is 33.5. The smallest absolute Gasteiger partial charge is 0.261 e. The topological polar surface area (TPSA) is 40.6 Å². The van der Waals surface area contributed by atoms with E-state index in [1.807, 2.05) is 9.80 Å². The lowest BCUT2D eigenvalue weighted by Crippen LogP contribution is -2.37. The molecule has 0 bridgehead atoms. The van der Waals surface area contributed by atoms with Gasteiger partial charge in [-0.15, -0.1) is 0 Å². The highest BCUT2D eigenvalue weighted by Gasteiger charge is 2.52. The van der Waals surface area contributed by atoms with E-state index >= 15 is 0 Å². The van der Waals surface area contributed by atoms with Crippen LogP contribution in [0.2, 0.25) is 0 Å². The Balaban J connectivity index is 1.36. The predicted molar refractivity (Wildman–Crippen MR) is 262 cm³/mol. The monoisotopic (exact) mass is 823 g/mol. The fraction of sp³-hybridized carbons (Fsp3) is 0.509. The van der Waals surface area contributed by atoms with Crippen molar-refractivity contribution in [3.63, 3.8) is 0 Å². The Hall–Kier alpha value is -4.44. The number of hydrogen-bond donors (Lipinski definition) is 0. The molecule has 0 N–H and O–H groups in total. The number of fused-ring (bicyclic) bond motifs is 1. The van der Waals surface area contributed by atoms with Crippen LogP contribution in [0, 0.1) is 11.3 Å². The fourth-order valence-electron chi connectivity index (χ4n) is 9.66. The van der Waals surface area contributed by atoms with Crippen molar-refractivity contribution < 1.29 is 9.59 Å². The zero-order chi connectivity index (χ0) is 44.0. The van der Waals surface area contributed by atoms with Crippen molar-refractivity contribution in [1.82, 2.24) is 9.80 Å². The third kappa shape index (κ3) is 11.9. The van der Waals surface area contributed by atoms with Crippen LogP contribution < -0.4 is 0 Å². The van der Waals surface area contributed by atoms with Crippen LogP contribution in [-0.4, -0.2) is 34.7 Å². The number of carbonyl (C=O) groups is 2. The molecule has 61 heavy (non-hydrogen) atoms. The van der Waals surface area contributed by atoms with Crippen molar-refractivity contribution in [3.05, 3.63) is 123 Å². The first kappa shape index (κ1) is 47.6. The third-order valence-corrected chi connectivity index (χ3v) is 13.5. The molecule has 3 aromatic rings. The van der Waals surface area contributed by atoms with E-state index in [4.69, 9.17) is 0 Å². The molecule has 0 radical (unpaired) electrons. The van der Waals surface area contributed by atoms with Gasteiger partial charge in [-0.05, 0) is 76.8 Å². The summed E-state index contributed by atoms with van der Waals surface area (Å²) < 4.78 is 0. The summed E-state index contributed by atoms with van der Waals surface area (Å²) in [5.74, 6) is 0.768. The lowest BCUT2D eigenvalue weighted by molar-refractivity contribution is -0.125. The molecular weight excluding hydrogens is 745 g/mol. The van der Waals surface area contributed by atoms with Gasteiger partial charge in [-0.25, -0.2) is 0 Å². The Labute approximate surface area is 371 Å². The van der Waals surface area contributed by atoms with Crippen LogP contribution in [0.4, 0.5) is 0 Å². The molecule has 2 aliphatic heterocycles. The molecule has 328 valence electrons. The summed E-state index contributed by atoms with van der Waals surface area (Å²) in [6.45, 7) is 21.9. The number of rotatable bonds is 25. The summed E-state index contributed by atoms with van der Waals surface area (Å²) in [5.41, 5.74) is 9.97. The van der Waals surface area contributed by atoms with E-state index in [1.165, 1.54) is 36.0 Å². The molecule has 0 saturated carbocycles. The van der Waals surface area contributed by atoms with Gasteiger partial charge in [0.1, 0.15) is 0 Å². The quantitative estimate of drug-likeness (QED) is 0.0631. The van der Waals surface area contributed by atoms with Crippen molar-refractivity contribution in [2.75, 3.05) is 13.1 Å². The SMILES string of the molecule is CCCCCCN1C(=O)C2=C(C(C)(CC)CCCC)N(CCCCCC)C(=O)C2=C1c1ccc(/C=C/c2ccc(/C=C/c3ccc(C(C)(C)CC(C)CCC)cc3)cc2)cc1. The lowest BCUT2D eigenvalue weighted by Gasteiger charge is -2.36. The van der Waals surface area contributed by atoms with Gasteiger partial charge in [-0.3, -0.25) is 9.59 Å². The molecule has 2 heterocycles. The highest BCUT2D eigenvalue weighted by molar-refractivity contribution is 6.25. The minimum atomic E-state index is -0.244. The van der Waals surface area contributed by atoms with E-state index in [2.05, 4.69) is 159 Å². The first-order chi connectivity index (χ1) is 29.4. The van der Waals surface area contributed by atoms with Crippen molar-refractivity contribution in [2.45, 2.75) is 164 Å². The molecule has 5 rings (SSSR count). The van der Waals surface area contributed by atoms with E-state index in [9.17, 15) is 9.59 Å². The van der Waals surface area contributed by atoms with Gasteiger partial charge >= 0.3 is 0 Å². The maximum absolute atomic E-state index is 14.7. The van der Waals surface area contributed by atoms with Gasteiger partial charge in [-0.2, -0.15) is 0 Å². The first-order valence-corrected chi connectivity index (χ1v) is 24.2. The van der Waals surface area contributed by atoms with Crippen LogP contribution in [0.15, 0.2) is 89.6 Å². The zero-order valence-corrected chi connectivity index (χ0v) is 39.5. The molecule has 0 saturated heterocycles. The van der Waals surface area contributed by atoms with Crippen LogP contribution in [0.5, 0.6) is 0 Å². The minimum absolute atomic E-state index is 0.0177. The molecule has 3 aromatic carbocycles. The van der Waals surface area contributed by atoms with Crippen LogP contribution in [0.1, 0.15) is 192 Å². The molecular formula is C57H78N2O2. The lowest BCUT2D eigenvalue weighted by atomic mass is 9.76. The van der Waals surface area contributed by atoms with Gasteiger partial charge in [0.05, 0.1) is 16.8 Å². The fourth-order valence-corrected chi connectivity index (χ4v) is 9.66. The number of amides is 2. The van der Waals surface area contributed by atoms with Gasteiger partial charge in [0.25, 0.3) is 11.8 Å². The van der Waals surface area contributed by atoms with Crippen molar-refractivity contribution in [3.8, 4) is 0 Å². The van der Waals surface area contributed by atoms with Crippen molar-refractivity contribution >= 4 is 41.8 Å². The normalized spacial score (nSPS) is 16.2. The molecule has 2 unspecified atom stereocenters. The Morgan fingerprint density at radius 2 is 1.00 bits per heavy atom. The number of allylic oxidation sites excluding steroid dienone is 1. The maximum Gasteiger partial charge on any atom is 0.261 e. The molecule has 2 atom stereocenters. The van der Waals surface area contributed by atoms with Gasteiger partial charge < -0.3 is 9.80 Å². The zero-order valence-electron chi connectivity index (χ0n) is 39.5. The summed E-state index contributed by atoms with van der Waals surface area (Å²) >= 11 is 0. The van der Waals surface area contributed by atoms with Crippen LogP contribution in [-0.2, 0) is 15.0 Å². The average Bonchev–Trinajstić information content (AvgIpc) is 3.71. The van der Waals surface area contributed by atoms with Gasteiger partial charge in [0.2, 0.25) is 0 Å². The Morgan fingerprint density at radius 1 is 0.541 bits per heavy atom. The maximum atomic E-state index is 14.7. The molecule has 4 heteroatoms. The Bertz CT molecular complexity index is 2010. The number of unbranched alkanes of at least 4 members (excludes halogenated alkanes) is 7. The third-order valence-electron chi connectivity index (χ3n) is 13.5. The van der Waals surface area contributed by atoms with E-state index in [0.717, 1.165) is 111 Å². The second-order valence-electron chi connectivity index (χ2n) is 19.1. The second kappa shape index (κ2) is 22.6. The van der Waals surface area contributed by atoms with Crippen LogP contribution in [0.3, 0.4) is 0 Å². The predicted octanol–water partition coefficient (Wildman–Crippen LogP) is 15.5. The Morgan fingerprint density at radius 3 is 1.48 bits per heavy atom. The van der Waals surface area contributed by atoms with E-state index in [-0.39, 0.29) is 22.6 Å². The first-order valence-electron chi connectivity index (χ1n) is 24.2. The number of hydrogen-bond acceptors (Lipinski definition) is 2. The van der Waals surface area contributed by atoms with Gasteiger partial charge in [0, 0.05) is 24.2 Å². The molecule has 4 nitrogen and oxygen atoms in total. The molecule has 2 amide bonds. The summed E-state index contributed by atoms with van der Waals surface area (Å²) in [6.07, 6.45) is 25.1. The van der Waals surface area contributed by atoms with Crippen LogP contribution >= 0.6 is 0 Å². The second-order valence-corrected chi connectivity index (χ2v) is 19.1. The van der Waals surface area contributed by atoms with E-state index in [1.54, 1.807) is 0 Å². The van der Waals surface area contributed by atoms with Crippen LogP contribution in [0.25, 0.3) is 30.0 Å². The summed E-state index contributed by atoms with van der Waals surface area (Å²) in [6, 6.07) is 26.2. The molecule has 0 aliphatic carbocycles. The highest BCUT2D eigenvalue weighted by atomic mass is 16.2. The largest absolute Gasteiger partial charge is 0.311 e.